The molecule has 0 saturated carbocycles. The molecule has 0 bridgehead atoms. The highest BCUT2D eigenvalue weighted by Crippen LogP contribution is 2.21. The quantitative estimate of drug-likeness (QED) is 0.656. The first-order valence-corrected chi connectivity index (χ1v) is 8.10. The number of nitrogens with one attached hydrogen (secondary N) is 1. The van der Waals surface area contributed by atoms with Crippen molar-refractivity contribution in [2.24, 2.45) is 0 Å². The van der Waals surface area contributed by atoms with Gasteiger partial charge >= 0.3 is 0 Å². The van der Waals surface area contributed by atoms with Crippen LogP contribution in [0.25, 0.3) is 0 Å². The highest BCUT2D eigenvalue weighted by Gasteiger charge is 2.07. The van der Waals surface area contributed by atoms with E-state index in [0.717, 1.165) is 11.5 Å². The van der Waals surface area contributed by atoms with E-state index in [-0.39, 0.29) is 5.91 Å². The van der Waals surface area contributed by atoms with E-state index >= 15 is 0 Å². The molecule has 0 radical (unpaired) electrons. The molecule has 0 atom stereocenters. The van der Waals surface area contributed by atoms with Crippen LogP contribution in [0.5, 0.6) is 17.2 Å². The maximum atomic E-state index is 12.2. The van der Waals surface area contributed by atoms with Crippen molar-refractivity contribution in [2.45, 2.75) is 0 Å². The fourth-order valence-electron chi connectivity index (χ4n) is 2.28. The van der Waals surface area contributed by atoms with E-state index in [1.165, 1.54) is 0 Å². The minimum absolute atomic E-state index is 0.157. The van der Waals surface area contributed by atoms with Gasteiger partial charge in [0, 0.05) is 5.56 Å². The average molecular weight is 333 g/mol. The summed E-state index contributed by atoms with van der Waals surface area (Å²) in [6.07, 6.45) is 0. The smallest absolute Gasteiger partial charge is 0.251 e. The molecule has 0 aliphatic carbocycles. The van der Waals surface area contributed by atoms with E-state index < -0.39 is 0 Å². The molecule has 0 fully saturated rings. The summed E-state index contributed by atoms with van der Waals surface area (Å²) in [5.74, 6) is 1.99. The Bertz CT molecular complexity index is 804. The van der Waals surface area contributed by atoms with Crippen LogP contribution in [-0.2, 0) is 0 Å². The lowest BCUT2D eigenvalue weighted by Gasteiger charge is -2.09. The zero-order valence-electron chi connectivity index (χ0n) is 13.7. The molecule has 0 unspecified atom stereocenters. The summed E-state index contributed by atoms with van der Waals surface area (Å²) in [6.45, 7) is 0.841. The highest BCUT2D eigenvalue weighted by atomic mass is 16.5. The molecule has 0 aromatic heterocycles. The van der Waals surface area contributed by atoms with Crippen molar-refractivity contribution >= 4 is 5.91 Å². The van der Waals surface area contributed by atoms with Gasteiger partial charge in [0.1, 0.15) is 23.9 Å². The van der Waals surface area contributed by atoms with E-state index in [0.29, 0.717) is 24.5 Å². The number of rotatable bonds is 7. The standard InChI is InChI=1S/C21H19NO3/c23-21(22-14-15-24-18-9-3-1-4-10-18)17-8-7-13-20(16-17)25-19-11-5-2-6-12-19/h1-13,16H,14-15H2,(H,22,23). The number of hydrogen-bond donors (Lipinski definition) is 1. The number of carbonyl (C=O) groups is 1. The number of hydrogen-bond acceptors (Lipinski definition) is 3. The molecule has 126 valence electrons. The van der Waals surface area contributed by atoms with Gasteiger partial charge in [0.05, 0.1) is 6.54 Å². The lowest BCUT2D eigenvalue weighted by Crippen LogP contribution is -2.28. The highest BCUT2D eigenvalue weighted by molar-refractivity contribution is 5.94. The van der Waals surface area contributed by atoms with Crippen LogP contribution in [0.2, 0.25) is 0 Å². The Kier molecular flexibility index (Phi) is 5.67. The van der Waals surface area contributed by atoms with Crippen LogP contribution in [-0.4, -0.2) is 19.1 Å². The van der Waals surface area contributed by atoms with E-state index in [1.54, 1.807) is 18.2 Å². The zero-order valence-corrected chi connectivity index (χ0v) is 13.7. The molecule has 0 spiro atoms. The summed E-state index contributed by atoms with van der Waals surface area (Å²) < 4.78 is 11.3. The summed E-state index contributed by atoms with van der Waals surface area (Å²) in [4.78, 5) is 12.2. The molecule has 0 heterocycles. The lowest BCUT2D eigenvalue weighted by atomic mass is 10.2. The van der Waals surface area contributed by atoms with Crippen molar-refractivity contribution in [3.05, 3.63) is 90.5 Å². The molecule has 4 heteroatoms. The second-order valence-electron chi connectivity index (χ2n) is 5.36. The van der Waals surface area contributed by atoms with Crippen molar-refractivity contribution in [3.8, 4) is 17.2 Å². The fraction of sp³-hybridized carbons (Fsp3) is 0.0952. The molecular weight excluding hydrogens is 314 g/mol. The minimum Gasteiger partial charge on any atom is -0.492 e. The summed E-state index contributed by atoms with van der Waals surface area (Å²) in [6, 6.07) is 26.1. The largest absolute Gasteiger partial charge is 0.492 e. The zero-order chi connectivity index (χ0) is 17.3. The van der Waals surface area contributed by atoms with E-state index in [4.69, 9.17) is 9.47 Å². The third-order valence-corrected chi connectivity index (χ3v) is 3.47. The van der Waals surface area contributed by atoms with Crippen LogP contribution in [0.3, 0.4) is 0 Å². The Morgan fingerprint density at radius 1 is 0.760 bits per heavy atom. The molecule has 3 rings (SSSR count). The van der Waals surface area contributed by atoms with Crippen molar-refractivity contribution in [1.29, 1.82) is 0 Å². The monoisotopic (exact) mass is 333 g/mol. The SMILES string of the molecule is O=C(NCCOc1ccccc1)c1cccc(Oc2ccccc2)c1. The van der Waals surface area contributed by atoms with Gasteiger partial charge in [0.15, 0.2) is 0 Å². The molecule has 0 aliphatic heterocycles. The first kappa shape index (κ1) is 16.6. The van der Waals surface area contributed by atoms with Gasteiger partial charge in [-0.25, -0.2) is 0 Å². The van der Waals surface area contributed by atoms with Crippen molar-refractivity contribution in [2.75, 3.05) is 13.2 Å². The van der Waals surface area contributed by atoms with E-state index in [9.17, 15) is 4.79 Å². The minimum atomic E-state index is -0.157. The number of benzene rings is 3. The molecular formula is C21H19NO3. The number of carbonyl (C=O) groups excluding carboxylic acids is 1. The van der Waals surface area contributed by atoms with Crippen LogP contribution in [0.4, 0.5) is 0 Å². The van der Waals surface area contributed by atoms with Crippen LogP contribution < -0.4 is 14.8 Å². The van der Waals surface area contributed by atoms with Gasteiger partial charge < -0.3 is 14.8 Å². The van der Waals surface area contributed by atoms with Crippen molar-refractivity contribution in [3.63, 3.8) is 0 Å². The third kappa shape index (κ3) is 5.11. The first-order valence-electron chi connectivity index (χ1n) is 8.10. The van der Waals surface area contributed by atoms with Gasteiger partial charge in [-0.1, -0.05) is 42.5 Å². The van der Waals surface area contributed by atoms with Gasteiger partial charge in [-0.2, -0.15) is 0 Å². The van der Waals surface area contributed by atoms with Gasteiger partial charge in [0.2, 0.25) is 0 Å². The summed E-state index contributed by atoms with van der Waals surface area (Å²) in [7, 11) is 0. The topological polar surface area (TPSA) is 47.6 Å². The predicted molar refractivity (Wildman–Crippen MR) is 97.2 cm³/mol. The second kappa shape index (κ2) is 8.55. The average Bonchev–Trinajstić information content (AvgIpc) is 2.67. The molecule has 25 heavy (non-hydrogen) atoms. The predicted octanol–water partition coefficient (Wildman–Crippen LogP) is 4.29. The van der Waals surface area contributed by atoms with Crippen LogP contribution in [0.1, 0.15) is 10.4 Å². The molecule has 0 saturated heterocycles. The summed E-state index contributed by atoms with van der Waals surface area (Å²) in [5, 5.41) is 2.84. The Hall–Kier alpha value is -3.27. The Balaban J connectivity index is 1.51. The Labute approximate surface area is 147 Å². The third-order valence-electron chi connectivity index (χ3n) is 3.47. The lowest BCUT2D eigenvalue weighted by molar-refractivity contribution is 0.0946. The maximum absolute atomic E-state index is 12.2. The number of para-hydroxylation sites is 2. The van der Waals surface area contributed by atoms with Gasteiger partial charge in [-0.05, 0) is 42.5 Å². The first-order chi connectivity index (χ1) is 12.3. The maximum Gasteiger partial charge on any atom is 0.251 e. The van der Waals surface area contributed by atoms with Gasteiger partial charge in [0.25, 0.3) is 5.91 Å². The Morgan fingerprint density at radius 3 is 2.12 bits per heavy atom. The van der Waals surface area contributed by atoms with Gasteiger partial charge in [-0.3, -0.25) is 4.79 Å². The van der Waals surface area contributed by atoms with Crippen LogP contribution in [0.15, 0.2) is 84.9 Å². The van der Waals surface area contributed by atoms with Gasteiger partial charge in [-0.15, -0.1) is 0 Å². The summed E-state index contributed by atoms with van der Waals surface area (Å²) in [5.41, 5.74) is 0.549. The normalized spacial score (nSPS) is 10.1. The van der Waals surface area contributed by atoms with E-state index in [1.807, 2.05) is 66.7 Å². The number of amides is 1. The number of ether oxygens (including phenoxy) is 2. The molecule has 0 aliphatic rings. The molecule has 3 aromatic rings. The van der Waals surface area contributed by atoms with Crippen molar-refractivity contribution < 1.29 is 14.3 Å². The van der Waals surface area contributed by atoms with Crippen molar-refractivity contribution in [1.82, 2.24) is 5.32 Å². The fourth-order valence-corrected chi connectivity index (χ4v) is 2.28. The van der Waals surface area contributed by atoms with E-state index in [2.05, 4.69) is 5.32 Å². The molecule has 1 N–H and O–H groups in total. The second-order valence-corrected chi connectivity index (χ2v) is 5.36. The molecule has 3 aromatic carbocycles. The molecule has 1 amide bonds. The molecule has 4 nitrogen and oxygen atoms in total. The van der Waals surface area contributed by atoms with Crippen LogP contribution >= 0.6 is 0 Å². The summed E-state index contributed by atoms with van der Waals surface area (Å²) >= 11 is 0. The van der Waals surface area contributed by atoms with Crippen LogP contribution in [0, 0.1) is 0 Å². The Morgan fingerprint density at radius 2 is 1.40 bits per heavy atom.